The molecule has 1 N–H and O–H groups in total. The molecule has 20 heavy (non-hydrogen) atoms. The molecule has 1 aromatic heterocycles. The first-order valence-corrected chi connectivity index (χ1v) is 7.37. The molecule has 1 amide bonds. The van der Waals surface area contributed by atoms with Gasteiger partial charge in [0.15, 0.2) is 5.78 Å². The number of nitrogens with one attached hydrogen (secondary N) is 1. The summed E-state index contributed by atoms with van der Waals surface area (Å²) >= 11 is 13.1. The molecule has 0 fully saturated rings. The molecule has 2 aromatic rings. The fourth-order valence-electron chi connectivity index (χ4n) is 1.62. The van der Waals surface area contributed by atoms with Crippen LogP contribution in [0.3, 0.4) is 0 Å². The summed E-state index contributed by atoms with van der Waals surface area (Å²) in [4.78, 5) is 25.5. The van der Waals surface area contributed by atoms with Crippen LogP contribution in [0, 0.1) is 6.92 Å². The van der Waals surface area contributed by atoms with Crippen LogP contribution in [0.25, 0.3) is 0 Å². The van der Waals surface area contributed by atoms with Gasteiger partial charge in [0.2, 0.25) is 0 Å². The van der Waals surface area contributed by atoms with Gasteiger partial charge < -0.3 is 5.32 Å². The molecule has 0 spiro atoms. The fraction of sp³-hybridized carbons (Fsp3) is 0.143. The number of carbonyl (C=O) groups excluding carboxylic acids is 2. The molecule has 0 bridgehead atoms. The zero-order valence-electron chi connectivity index (χ0n) is 10.6. The van der Waals surface area contributed by atoms with Gasteiger partial charge in [0.05, 0.1) is 11.4 Å². The van der Waals surface area contributed by atoms with E-state index in [2.05, 4.69) is 5.32 Å². The molecule has 1 aromatic carbocycles. The van der Waals surface area contributed by atoms with Crippen LogP contribution in [0.4, 0.5) is 0 Å². The number of rotatable bonds is 4. The molecule has 0 aliphatic heterocycles. The van der Waals surface area contributed by atoms with E-state index >= 15 is 0 Å². The summed E-state index contributed by atoms with van der Waals surface area (Å²) in [5, 5.41) is 3.32. The highest BCUT2D eigenvalue weighted by molar-refractivity contribution is 7.14. The lowest BCUT2D eigenvalue weighted by Crippen LogP contribution is -2.29. The summed E-state index contributed by atoms with van der Waals surface area (Å²) in [5.74, 6) is -0.499. The van der Waals surface area contributed by atoms with E-state index < -0.39 is 0 Å². The topological polar surface area (TPSA) is 46.2 Å². The number of Topliss-reactive ketones (excluding diaryl/α,β-unsaturated/α-hetero) is 1. The molecular weight excluding hydrogens is 317 g/mol. The quantitative estimate of drug-likeness (QED) is 0.863. The lowest BCUT2D eigenvalue weighted by atomic mass is 10.2. The van der Waals surface area contributed by atoms with Crippen molar-refractivity contribution in [3.05, 3.63) is 55.7 Å². The zero-order valence-corrected chi connectivity index (χ0v) is 12.9. The van der Waals surface area contributed by atoms with Gasteiger partial charge in [-0.15, -0.1) is 11.3 Å². The Morgan fingerprint density at radius 1 is 1.15 bits per heavy atom. The minimum absolute atomic E-state index is 0.0527. The highest BCUT2D eigenvalue weighted by atomic mass is 35.5. The van der Waals surface area contributed by atoms with Gasteiger partial charge >= 0.3 is 0 Å². The van der Waals surface area contributed by atoms with Crippen molar-refractivity contribution in [2.24, 2.45) is 0 Å². The number of benzene rings is 1. The maximum atomic E-state index is 11.9. The molecule has 0 aliphatic rings. The molecule has 1 heterocycles. The molecule has 0 saturated heterocycles. The summed E-state index contributed by atoms with van der Waals surface area (Å²) in [6.45, 7) is 1.87. The zero-order chi connectivity index (χ0) is 14.7. The van der Waals surface area contributed by atoms with Crippen molar-refractivity contribution >= 4 is 46.2 Å². The largest absolute Gasteiger partial charge is 0.345 e. The Hall–Kier alpha value is -1.36. The van der Waals surface area contributed by atoms with Crippen LogP contribution in [0.2, 0.25) is 10.0 Å². The first-order chi connectivity index (χ1) is 9.45. The van der Waals surface area contributed by atoms with E-state index in [0.717, 1.165) is 4.88 Å². The lowest BCUT2D eigenvalue weighted by Gasteiger charge is -2.05. The Morgan fingerprint density at radius 2 is 1.80 bits per heavy atom. The molecule has 104 valence electrons. The van der Waals surface area contributed by atoms with E-state index in [4.69, 9.17) is 23.2 Å². The molecule has 0 unspecified atom stereocenters. The number of hydrogen-bond acceptors (Lipinski definition) is 3. The maximum Gasteiger partial charge on any atom is 0.251 e. The van der Waals surface area contributed by atoms with Crippen LogP contribution in [0.1, 0.15) is 24.9 Å². The summed E-state index contributed by atoms with van der Waals surface area (Å²) < 4.78 is 0. The fourth-order valence-corrected chi connectivity index (χ4v) is 2.95. The smallest absolute Gasteiger partial charge is 0.251 e. The van der Waals surface area contributed by atoms with E-state index in [-0.39, 0.29) is 18.2 Å². The number of amides is 1. The van der Waals surface area contributed by atoms with Gasteiger partial charge in [0.25, 0.3) is 5.91 Å². The van der Waals surface area contributed by atoms with Crippen LogP contribution < -0.4 is 5.32 Å². The van der Waals surface area contributed by atoms with Gasteiger partial charge in [-0.1, -0.05) is 23.2 Å². The van der Waals surface area contributed by atoms with Gasteiger partial charge in [0, 0.05) is 20.5 Å². The van der Waals surface area contributed by atoms with Crippen molar-refractivity contribution in [1.82, 2.24) is 5.32 Å². The molecule has 0 saturated carbocycles. The molecule has 3 nitrogen and oxygen atoms in total. The molecule has 6 heteroatoms. The summed E-state index contributed by atoms with van der Waals surface area (Å²) in [5.41, 5.74) is 0.331. The molecular formula is C14H11Cl2NO2S. The van der Waals surface area contributed by atoms with Gasteiger partial charge in [-0.3, -0.25) is 9.59 Å². The van der Waals surface area contributed by atoms with Crippen LogP contribution in [0.5, 0.6) is 0 Å². The number of hydrogen-bond donors (Lipinski definition) is 1. The Kier molecular flexibility index (Phi) is 4.81. The SMILES string of the molecule is Cc1ccc(C(=O)CNC(=O)c2cc(Cl)cc(Cl)c2)s1. The third kappa shape index (κ3) is 3.82. The molecule has 0 radical (unpaired) electrons. The van der Waals surface area contributed by atoms with E-state index in [0.29, 0.717) is 20.5 Å². The molecule has 0 atom stereocenters. The van der Waals surface area contributed by atoms with Crippen molar-refractivity contribution in [1.29, 1.82) is 0 Å². The van der Waals surface area contributed by atoms with Gasteiger partial charge in [-0.2, -0.15) is 0 Å². The van der Waals surface area contributed by atoms with E-state index in [9.17, 15) is 9.59 Å². The van der Waals surface area contributed by atoms with Crippen LogP contribution in [-0.4, -0.2) is 18.2 Å². The molecule has 2 rings (SSSR count). The number of halogens is 2. The van der Waals surface area contributed by atoms with Crippen molar-refractivity contribution < 1.29 is 9.59 Å². The van der Waals surface area contributed by atoms with Gasteiger partial charge in [0.1, 0.15) is 0 Å². The normalized spacial score (nSPS) is 10.3. The Balaban J connectivity index is 2.00. The Labute approximate surface area is 130 Å². The predicted octanol–water partition coefficient (Wildman–Crippen LogP) is 3.98. The van der Waals surface area contributed by atoms with Gasteiger partial charge in [-0.25, -0.2) is 0 Å². The number of carbonyl (C=O) groups is 2. The first-order valence-electron chi connectivity index (χ1n) is 5.79. The van der Waals surface area contributed by atoms with E-state index in [1.807, 2.05) is 13.0 Å². The average Bonchev–Trinajstić information content (AvgIpc) is 2.81. The average molecular weight is 328 g/mol. The lowest BCUT2D eigenvalue weighted by molar-refractivity contribution is 0.0905. The van der Waals surface area contributed by atoms with Crippen molar-refractivity contribution in [3.63, 3.8) is 0 Å². The summed E-state index contributed by atoms with van der Waals surface area (Å²) in [6, 6.07) is 8.17. The predicted molar refractivity (Wildman–Crippen MR) is 82.2 cm³/mol. The van der Waals surface area contributed by atoms with E-state index in [1.54, 1.807) is 12.1 Å². The number of thiophene rings is 1. The van der Waals surface area contributed by atoms with Crippen molar-refractivity contribution in [2.75, 3.05) is 6.54 Å². The summed E-state index contributed by atoms with van der Waals surface area (Å²) in [6.07, 6.45) is 0. The highest BCUT2D eigenvalue weighted by Gasteiger charge is 2.12. The molecule has 0 aliphatic carbocycles. The second-order valence-electron chi connectivity index (χ2n) is 4.17. The first kappa shape index (κ1) is 15.0. The third-order valence-electron chi connectivity index (χ3n) is 2.55. The Morgan fingerprint density at radius 3 is 2.35 bits per heavy atom. The second kappa shape index (κ2) is 6.39. The minimum Gasteiger partial charge on any atom is -0.345 e. The van der Waals surface area contributed by atoms with Gasteiger partial charge in [-0.05, 0) is 37.3 Å². The highest BCUT2D eigenvalue weighted by Crippen LogP contribution is 2.19. The van der Waals surface area contributed by atoms with Crippen LogP contribution in [-0.2, 0) is 0 Å². The van der Waals surface area contributed by atoms with Crippen LogP contribution >= 0.6 is 34.5 Å². The third-order valence-corrected chi connectivity index (χ3v) is 4.03. The standard InChI is InChI=1S/C14H11Cl2NO2S/c1-8-2-3-13(20-8)12(18)7-17-14(19)9-4-10(15)6-11(16)5-9/h2-6H,7H2,1H3,(H,17,19). The van der Waals surface area contributed by atoms with Crippen molar-refractivity contribution in [2.45, 2.75) is 6.92 Å². The van der Waals surface area contributed by atoms with E-state index in [1.165, 1.54) is 23.5 Å². The number of ketones is 1. The Bertz CT molecular complexity index is 647. The summed E-state index contributed by atoms with van der Waals surface area (Å²) in [7, 11) is 0. The minimum atomic E-state index is -0.379. The van der Waals surface area contributed by atoms with Crippen molar-refractivity contribution in [3.8, 4) is 0 Å². The monoisotopic (exact) mass is 327 g/mol. The van der Waals surface area contributed by atoms with Crippen LogP contribution in [0.15, 0.2) is 30.3 Å². The maximum absolute atomic E-state index is 11.9. The number of aryl methyl sites for hydroxylation is 1. The second-order valence-corrected chi connectivity index (χ2v) is 6.34.